The number of carboxylic acid groups (broad SMARTS) is 1. The van der Waals surface area contributed by atoms with Crippen LogP contribution in [0, 0.1) is 6.92 Å². The number of ether oxygens (including phenoxy) is 2. The Hall–Kier alpha value is -2.70. The summed E-state index contributed by atoms with van der Waals surface area (Å²) >= 11 is 1.61. The van der Waals surface area contributed by atoms with Crippen LogP contribution >= 0.6 is 11.3 Å². The fourth-order valence-corrected chi connectivity index (χ4v) is 4.19. The predicted octanol–water partition coefficient (Wildman–Crippen LogP) is 6.03. The molecule has 32 heavy (non-hydrogen) atoms. The minimum atomic E-state index is -0.945. The van der Waals surface area contributed by atoms with E-state index in [-0.39, 0.29) is 5.41 Å². The molecule has 0 aliphatic heterocycles. The first-order valence-corrected chi connectivity index (χ1v) is 11.7. The van der Waals surface area contributed by atoms with Gasteiger partial charge in [0.25, 0.3) is 0 Å². The van der Waals surface area contributed by atoms with Crippen molar-refractivity contribution < 1.29 is 19.4 Å². The van der Waals surface area contributed by atoms with Gasteiger partial charge in [0.2, 0.25) is 0 Å². The lowest BCUT2D eigenvalue weighted by Gasteiger charge is -2.18. The lowest BCUT2D eigenvalue weighted by atomic mass is 9.87. The molecule has 0 aliphatic rings. The first-order chi connectivity index (χ1) is 15.2. The monoisotopic (exact) mass is 453 g/mol. The third-order valence-electron chi connectivity index (χ3n) is 5.30. The van der Waals surface area contributed by atoms with E-state index in [2.05, 4.69) is 45.0 Å². The lowest BCUT2D eigenvalue weighted by molar-refractivity contribution is -0.149. The molecule has 0 saturated carbocycles. The van der Waals surface area contributed by atoms with Crippen molar-refractivity contribution in [1.29, 1.82) is 0 Å². The van der Waals surface area contributed by atoms with Crippen molar-refractivity contribution in [1.82, 2.24) is 4.98 Å². The lowest BCUT2D eigenvalue weighted by Crippen LogP contribution is -2.26. The van der Waals surface area contributed by atoms with E-state index < -0.39 is 12.1 Å². The number of rotatable bonds is 9. The van der Waals surface area contributed by atoms with Gasteiger partial charge in [-0.05, 0) is 48.1 Å². The van der Waals surface area contributed by atoms with E-state index in [0.29, 0.717) is 19.6 Å². The average Bonchev–Trinajstić information content (AvgIpc) is 3.22. The summed E-state index contributed by atoms with van der Waals surface area (Å²) in [6, 6.07) is 14.3. The zero-order valence-corrected chi connectivity index (χ0v) is 20.2. The predicted molar refractivity (Wildman–Crippen MR) is 129 cm³/mol. The smallest absolute Gasteiger partial charge is 0.333 e. The van der Waals surface area contributed by atoms with Crippen molar-refractivity contribution in [3.8, 4) is 16.3 Å². The molecule has 3 aromatic rings. The molecule has 1 N–H and O–H groups in total. The van der Waals surface area contributed by atoms with E-state index in [1.165, 1.54) is 5.56 Å². The Kier molecular flexibility index (Phi) is 7.69. The molecular formula is C26H31NO4S. The maximum Gasteiger partial charge on any atom is 0.333 e. The maximum absolute atomic E-state index is 11.3. The van der Waals surface area contributed by atoms with E-state index in [0.717, 1.165) is 33.1 Å². The summed E-state index contributed by atoms with van der Waals surface area (Å²) in [5.74, 6) is -0.211. The number of nitrogens with zero attached hydrogens (tertiary/aromatic N) is 1. The van der Waals surface area contributed by atoms with E-state index >= 15 is 0 Å². The van der Waals surface area contributed by atoms with Gasteiger partial charge < -0.3 is 14.6 Å². The molecule has 0 amide bonds. The summed E-state index contributed by atoms with van der Waals surface area (Å²) in [5.41, 5.74) is 5.34. The second-order valence-corrected chi connectivity index (χ2v) is 9.69. The van der Waals surface area contributed by atoms with Gasteiger partial charge in [-0.1, -0.05) is 51.1 Å². The highest BCUT2D eigenvalue weighted by molar-refractivity contribution is 7.13. The standard InChI is InChI=1S/C26H31NO4S/c1-6-30-23(25(28)29)14-19-9-12-22(13-17(19)2)31-15-21-16-32-24(27-21)18-7-10-20(11-8-18)26(3,4)5/h7-13,16,23H,6,14-15H2,1-5H3,(H,28,29). The van der Waals surface area contributed by atoms with Crippen molar-refractivity contribution in [2.45, 2.75) is 59.2 Å². The van der Waals surface area contributed by atoms with Gasteiger partial charge in [-0.15, -0.1) is 11.3 Å². The van der Waals surface area contributed by atoms with Crippen LogP contribution in [0.5, 0.6) is 5.75 Å². The Morgan fingerprint density at radius 3 is 2.47 bits per heavy atom. The highest BCUT2D eigenvalue weighted by Gasteiger charge is 2.19. The Balaban J connectivity index is 1.62. The summed E-state index contributed by atoms with van der Waals surface area (Å²) < 4.78 is 11.3. The summed E-state index contributed by atoms with van der Waals surface area (Å²) in [6.07, 6.45) is -0.505. The minimum Gasteiger partial charge on any atom is -0.487 e. The number of benzene rings is 2. The molecule has 1 heterocycles. The van der Waals surface area contributed by atoms with Crippen LogP contribution in [0.3, 0.4) is 0 Å². The first kappa shape index (κ1) is 24.0. The van der Waals surface area contributed by atoms with E-state index in [1.54, 1.807) is 18.3 Å². The van der Waals surface area contributed by atoms with Gasteiger partial charge in [0.1, 0.15) is 17.4 Å². The molecule has 0 aliphatic carbocycles. The van der Waals surface area contributed by atoms with Crippen LogP contribution in [-0.4, -0.2) is 28.8 Å². The van der Waals surface area contributed by atoms with Gasteiger partial charge in [-0.3, -0.25) is 0 Å². The van der Waals surface area contributed by atoms with Crippen LogP contribution in [-0.2, 0) is 28.0 Å². The summed E-state index contributed by atoms with van der Waals surface area (Å²) in [7, 11) is 0. The highest BCUT2D eigenvalue weighted by atomic mass is 32.1. The Bertz CT molecular complexity index is 1050. The van der Waals surface area contributed by atoms with Gasteiger partial charge in [0.15, 0.2) is 6.10 Å². The van der Waals surface area contributed by atoms with Crippen molar-refractivity contribution in [3.63, 3.8) is 0 Å². The van der Waals surface area contributed by atoms with Gasteiger partial charge in [-0.2, -0.15) is 0 Å². The minimum absolute atomic E-state index is 0.131. The SMILES string of the molecule is CCOC(Cc1ccc(OCc2csc(-c3ccc(C(C)(C)C)cc3)n2)cc1C)C(=O)O. The summed E-state index contributed by atoms with van der Waals surface area (Å²) in [4.78, 5) is 16.1. The number of aliphatic carboxylic acids is 1. The van der Waals surface area contributed by atoms with E-state index in [4.69, 9.17) is 14.5 Å². The van der Waals surface area contributed by atoms with Gasteiger partial charge >= 0.3 is 5.97 Å². The van der Waals surface area contributed by atoms with Crippen LogP contribution in [0.15, 0.2) is 47.8 Å². The zero-order chi connectivity index (χ0) is 23.3. The Labute approximate surface area is 194 Å². The third kappa shape index (κ3) is 6.17. The second kappa shape index (κ2) is 10.3. The summed E-state index contributed by atoms with van der Waals surface area (Å²) in [6.45, 7) is 11.1. The summed E-state index contributed by atoms with van der Waals surface area (Å²) in [5, 5.41) is 12.3. The fourth-order valence-electron chi connectivity index (χ4n) is 3.38. The maximum atomic E-state index is 11.3. The Morgan fingerprint density at radius 1 is 1.16 bits per heavy atom. The molecule has 0 spiro atoms. The van der Waals surface area contributed by atoms with Crippen LogP contribution in [0.4, 0.5) is 0 Å². The first-order valence-electron chi connectivity index (χ1n) is 10.8. The number of aromatic nitrogens is 1. The molecule has 1 unspecified atom stereocenters. The van der Waals surface area contributed by atoms with Crippen LogP contribution in [0.1, 0.15) is 50.1 Å². The Morgan fingerprint density at radius 2 is 1.88 bits per heavy atom. The van der Waals surface area contributed by atoms with E-state index in [9.17, 15) is 9.90 Å². The number of hydrogen-bond donors (Lipinski definition) is 1. The highest BCUT2D eigenvalue weighted by Crippen LogP contribution is 2.28. The molecular weight excluding hydrogens is 422 g/mol. The molecule has 0 fully saturated rings. The normalized spacial score (nSPS) is 12.5. The molecule has 170 valence electrons. The van der Waals surface area contributed by atoms with Gasteiger partial charge in [0.05, 0.1) is 5.69 Å². The average molecular weight is 454 g/mol. The molecule has 5 nitrogen and oxygen atoms in total. The van der Waals surface area contributed by atoms with Crippen molar-refractivity contribution in [2.75, 3.05) is 6.61 Å². The molecule has 0 saturated heterocycles. The number of carboxylic acids is 1. The number of thiazole rings is 1. The zero-order valence-electron chi connectivity index (χ0n) is 19.3. The second-order valence-electron chi connectivity index (χ2n) is 8.83. The topological polar surface area (TPSA) is 68.7 Å². The molecule has 0 radical (unpaired) electrons. The van der Waals surface area contributed by atoms with E-state index in [1.807, 2.05) is 30.5 Å². The van der Waals surface area contributed by atoms with Crippen LogP contribution in [0.2, 0.25) is 0 Å². The molecule has 1 atom stereocenters. The molecule has 1 aromatic heterocycles. The molecule has 6 heteroatoms. The van der Waals surface area contributed by atoms with Crippen molar-refractivity contribution in [2.24, 2.45) is 0 Å². The largest absolute Gasteiger partial charge is 0.487 e. The fraction of sp³-hybridized carbons (Fsp3) is 0.385. The number of aryl methyl sites for hydroxylation is 1. The van der Waals surface area contributed by atoms with Gasteiger partial charge in [-0.25, -0.2) is 9.78 Å². The third-order valence-corrected chi connectivity index (χ3v) is 6.24. The molecule has 0 bridgehead atoms. The van der Waals surface area contributed by atoms with Crippen LogP contribution < -0.4 is 4.74 Å². The van der Waals surface area contributed by atoms with Crippen molar-refractivity contribution in [3.05, 3.63) is 70.2 Å². The van der Waals surface area contributed by atoms with Crippen LogP contribution in [0.25, 0.3) is 10.6 Å². The van der Waals surface area contributed by atoms with Crippen molar-refractivity contribution >= 4 is 17.3 Å². The molecule has 2 aromatic carbocycles. The quantitative estimate of drug-likeness (QED) is 0.429. The number of hydrogen-bond acceptors (Lipinski definition) is 5. The molecule has 3 rings (SSSR count). The number of carbonyl (C=O) groups is 1. The van der Waals surface area contributed by atoms with Gasteiger partial charge in [0, 0.05) is 24.0 Å².